The van der Waals surface area contributed by atoms with Crippen molar-refractivity contribution in [2.24, 2.45) is 0 Å². The summed E-state index contributed by atoms with van der Waals surface area (Å²) >= 11 is 0. The van der Waals surface area contributed by atoms with Crippen molar-refractivity contribution in [3.05, 3.63) is 0 Å². The Balaban J connectivity index is -0.0000000408. The Morgan fingerprint density at radius 3 is 1.83 bits per heavy atom. The summed E-state index contributed by atoms with van der Waals surface area (Å²) in [5.41, 5.74) is 0. The maximum atomic E-state index is 9.87. The lowest BCUT2D eigenvalue weighted by molar-refractivity contribution is -0.137. The number of aliphatic carboxylic acids is 1. The molecule has 0 aliphatic carbocycles. The van der Waals surface area contributed by atoms with E-state index in [1.165, 1.54) is 0 Å². The van der Waals surface area contributed by atoms with E-state index < -0.39 is 5.97 Å². The van der Waals surface area contributed by atoms with Crippen LogP contribution in [0.4, 0.5) is 14.1 Å². The third kappa shape index (κ3) is 34.6. The summed E-state index contributed by atoms with van der Waals surface area (Å²) in [5.74, 6) is -0.682. The average molecular weight is 190 g/mol. The summed E-state index contributed by atoms with van der Waals surface area (Å²) in [6, 6.07) is 0. The first-order chi connectivity index (χ1) is 3.77. The average Bonchev–Trinajstić information content (AvgIpc) is 1.66. The zero-order valence-electron chi connectivity index (χ0n) is 6.41. The second-order valence-corrected chi connectivity index (χ2v) is 1.85. The van der Waals surface area contributed by atoms with Gasteiger partial charge in [0.2, 0.25) is 0 Å². The van der Waals surface area contributed by atoms with Crippen LogP contribution in [0.3, 0.4) is 0 Å². The van der Waals surface area contributed by atoms with Crippen molar-refractivity contribution in [3.8, 4) is 0 Å². The van der Waals surface area contributed by atoms with Crippen LogP contribution in [0.1, 0.15) is 32.6 Å². The molecule has 0 fully saturated rings. The van der Waals surface area contributed by atoms with Crippen LogP contribution >= 0.6 is 0 Å². The molecule has 12 heavy (non-hydrogen) atoms. The molecular weight excluding hydrogens is 172 g/mol. The highest BCUT2D eigenvalue weighted by molar-refractivity contribution is 5.75. The molecule has 6 heteroatoms. The summed E-state index contributed by atoms with van der Waals surface area (Å²) in [6.07, 6.45) is 3.28. The lowest BCUT2D eigenvalue weighted by Gasteiger charge is -1.89. The zero-order chi connectivity index (χ0) is 6.41. The Morgan fingerprint density at radius 2 is 1.58 bits per heavy atom. The Bertz CT molecular complexity index is 83.2. The Labute approximate surface area is 72.0 Å². The Kier molecular flexibility index (Phi) is 56.4. The van der Waals surface area contributed by atoms with Gasteiger partial charge in [-0.2, -0.15) is 0 Å². The van der Waals surface area contributed by atoms with Crippen LogP contribution in [0.15, 0.2) is 0 Å². The number of carboxylic acid groups (broad SMARTS) is 1. The van der Waals surface area contributed by atoms with Crippen molar-refractivity contribution < 1.29 is 24.0 Å². The summed E-state index contributed by atoms with van der Waals surface area (Å²) < 4.78 is 0. The van der Waals surface area contributed by atoms with Gasteiger partial charge < -0.3 is 5.11 Å². The topological polar surface area (TPSA) is 37.3 Å². The van der Waals surface area contributed by atoms with Crippen LogP contribution in [0, 0.1) is 0 Å². The lowest BCUT2D eigenvalue weighted by atomic mass is 10.2. The molecule has 0 spiro atoms. The normalized spacial score (nSPS) is 6.08. The van der Waals surface area contributed by atoms with Crippen molar-refractivity contribution in [2.75, 3.05) is 0 Å². The molecule has 0 aliphatic rings. The predicted molar refractivity (Wildman–Crippen MR) is 49.2 cm³/mol. The van der Waals surface area contributed by atoms with E-state index in [9.17, 15) is 4.79 Å². The molecule has 0 aromatic heterocycles. The largest absolute Gasteiger partial charge is 0.481 e. The summed E-state index contributed by atoms with van der Waals surface area (Å²) in [5, 5.41) is 8.14. The molecule has 0 atom stereocenters. The van der Waals surface area contributed by atoms with Crippen LogP contribution in [0.25, 0.3) is 0 Å². The second kappa shape index (κ2) is 22.4. The minimum Gasteiger partial charge on any atom is -0.481 e. The van der Waals surface area contributed by atoms with Crippen LogP contribution in [0.2, 0.25) is 0 Å². The molecule has 2 nitrogen and oxygen atoms in total. The number of halogens is 3. The molecule has 0 rings (SSSR count). The molecular formula is C6H18BF3O2. The van der Waals surface area contributed by atoms with Crippen LogP contribution in [0.5, 0.6) is 0 Å². The number of carboxylic acids is 1. The van der Waals surface area contributed by atoms with Crippen molar-refractivity contribution in [2.45, 2.75) is 32.6 Å². The van der Waals surface area contributed by atoms with Crippen LogP contribution in [-0.2, 0) is 4.79 Å². The van der Waals surface area contributed by atoms with Gasteiger partial charge in [-0.1, -0.05) is 19.8 Å². The molecule has 0 saturated heterocycles. The van der Waals surface area contributed by atoms with Gasteiger partial charge in [0.1, 0.15) is 0 Å². The molecule has 0 amide bonds. The number of rotatable bonds is 4. The molecule has 0 bridgehead atoms. The van der Waals surface area contributed by atoms with E-state index in [0.717, 1.165) is 19.3 Å². The first kappa shape index (κ1) is 30.2. The molecule has 0 aromatic rings. The SMILES string of the molecule is B.CCCCCC(=O)O.F.F.F. The van der Waals surface area contributed by atoms with E-state index in [2.05, 4.69) is 6.92 Å². The number of unbranched alkanes of at least 4 members (excludes halogenated alkanes) is 2. The van der Waals surface area contributed by atoms with Crippen LogP contribution in [-0.4, -0.2) is 19.5 Å². The van der Waals surface area contributed by atoms with Gasteiger partial charge in [0.05, 0.1) is 8.41 Å². The van der Waals surface area contributed by atoms with Crippen molar-refractivity contribution in [1.82, 2.24) is 0 Å². The lowest BCUT2D eigenvalue weighted by Crippen LogP contribution is -1.92. The van der Waals surface area contributed by atoms with Gasteiger partial charge in [-0.3, -0.25) is 18.9 Å². The van der Waals surface area contributed by atoms with E-state index in [0.29, 0.717) is 6.42 Å². The fourth-order valence-corrected chi connectivity index (χ4v) is 0.526. The van der Waals surface area contributed by atoms with Gasteiger partial charge in [0.25, 0.3) is 0 Å². The van der Waals surface area contributed by atoms with Gasteiger partial charge >= 0.3 is 5.97 Å². The van der Waals surface area contributed by atoms with E-state index in [1.807, 2.05) is 0 Å². The summed E-state index contributed by atoms with van der Waals surface area (Å²) in [4.78, 5) is 9.87. The van der Waals surface area contributed by atoms with Gasteiger partial charge in [-0.25, -0.2) is 0 Å². The van der Waals surface area contributed by atoms with E-state index in [4.69, 9.17) is 5.11 Å². The molecule has 1 N–H and O–H groups in total. The molecule has 0 aromatic carbocycles. The highest BCUT2D eigenvalue weighted by Crippen LogP contribution is 1.97. The maximum absolute atomic E-state index is 9.87. The molecule has 0 aliphatic heterocycles. The van der Waals surface area contributed by atoms with Crippen molar-refractivity contribution >= 4 is 14.4 Å². The first-order valence-corrected chi connectivity index (χ1v) is 2.99. The minimum absolute atomic E-state index is 0. The molecule has 0 unspecified atom stereocenters. The van der Waals surface area contributed by atoms with Gasteiger partial charge in [-0.05, 0) is 6.42 Å². The van der Waals surface area contributed by atoms with Crippen molar-refractivity contribution in [3.63, 3.8) is 0 Å². The first-order valence-electron chi connectivity index (χ1n) is 2.99. The van der Waals surface area contributed by atoms with Crippen LogP contribution < -0.4 is 0 Å². The summed E-state index contributed by atoms with van der Waals surface area (Å²) in [7, 11) is 0. The minimum atomic E-state index is -0.682. The molecule has 0 heterocycles. The standard InChI is InChI=1S/C6H12O2.BH3.3FH/c1-2-3-4-5-6(7)8;;;;/h2-5H2,1H3,(H,7,8);1H3;3*1H. The zero-order valence-corrected chi connectivity index (χ0v) is 6.41. The molecule has 0 radical (unpaired) electrons. The van der Waals surface area contributed by atoms with Gasteiger partial charge in [0, 0.05) is 6.42 Å². The monoisotopic (exact) mass is 190 g/mol. The fraction of sp³-hybridized carbons (Fsp3) is 0.833. The van der Waals surface area contributed by atoms with E-state index in [1.54, 1.807) is 0 Å². The number of hydrogen-bond donors (Lipinski definition) is 1. The van der Waals surface area contributed by atoms with Crippen molar-refractivity contribution in [1.29, 1.82) is 0 Å². The quantitative estimate of drug-likeness (QED) is 0.528. The smallest absolute Gasteiger partial charge is 0.303 e. The summed E-state index contributed by atoms with van der Waals surface area (Å²) in [6.45, 7) is 2.06. The maximum Gasteiger partial charge on any atom is 0.303 e. The third-order valence-electron chi connectivity index (χ3n) is 0.994. The molecule has 0 saturated carbocycles. The fourth-order valence-electron chi connectivity index (χ4n) is 0.526. The van der Waals surface area contributed by atoms with Gasteiger partial charge in [0.15, 0.2) is 0 Å². The Morgan fingerprint density at radius 1 is 1.17 bits per heavy atom. The highest BCUT2D eigenvalue weighted by Gasteiger charge is 1.92. The van der Waals surface area contributed by atoms with E-state index >= 15 is 0 Å². The predicted octanol–water partition coefficient (Wildman–Crippen LogP) is 0.925. The number of carbonyl (C=O) groups is 1. The third-order valence-corrected chi connectivity index (χ3v) is 0.994. The Hall–Kier alpha value is -0.675. The second-order valence-electron chi connectivity index (χ2n) is 1.85. The molecule has 78 valence electrons. The van der Waals surface area contributed by atoms with Gasteiger partial charge in [-0.15, -0.1) is 0 Å². The van der Waals surface area contributed by atoms with E-state index in [-0.39, 0.29) is 22.5 Å². The number of hydrogen-bond acceptors (Lipinski definition) is 1. The highest BCUT2D eigenvalue weighted by atomic mass is 19.0.